The van der Waals surface area contributed by atoms with Gasteiger partial charge in [0.2, 0.25) is 5.78 Å². The molecule has 3 nitrogen and oxygen atoms in total. The molecule has 0 saturated carbocycles. The maximum Gasteiger partial charge on any atom is 0.238 e. The van der Waals surface area contributed by atoms with E-state index in [0.29, 0.717) is 0 Å². The summed E-state index contributed by atoms with van der Waals surface area (Å²) in [7, 11) is 0. The van der Waals surface area contributed by atoms with Gasteiger partial charge in [-0.25, -0.2) is 0 Å². The van der Waals surface area contributed by atoms with E-state index in [1.807, 2.05) is 37.3 Å². The molecule has 88 valence electrons. The fraction of sp³-hybridized carbons (Fsp3) is 0.0667. The molecule has 0 N–H and O–H groups in total. The minimum Gasteiger partial charge on any atom is -0.461 e. The fourth-order valence-corrected chi connectivity index (χ4v) is 1.62. The maximum atomic E-state index is 11.9. The molecule has 0 bridgehead atoms. The summed E-state index contributed by atoms with van der Waals surface area (Å²) in [6, 6.07) is 12.7. The summed E-state index contributed by atoms with van der Waals surface area (Å²) >= 11 is 0. The average Bonchev–Trinajstić information content (AvgIpc) is 2.89. The van der Waals surface area contributed by atoms with Crippen molar-refractivity contribution in [2.45, 2.75) is 6.92 Å². The van der Waals surface area contributed by atoms with Crippen LogP contribution in [0.15, 0.2) is 52.7 Å². The quantitative estimate of drug-likeness (QED) is 0.467. The maximum absolute atomic E-state index is 11.9. The molecule has 0 aliphatic carbocycles. The molecule has 1 aromatic heterocycles. The van der Waals surface area contributed by atoms with E-state index in [9.17, 15) is 4.79 Å². The van der Waals surface area contributed by atoms with Crippen molar-refractivity contribution in [1.82, 2.24) is 0 Å². The Hall–Kier alpha value is -2.60. The molecule has 0 spiro atoms. The summed E-state index contributed by atoms with van der Waals surface area (Å²) in [5, 5.41) is 9.05. The minimum atomic E-state index is -0.399. The molecule has 0 amide bonds. The van der Waals surface area contributed by atoms with Crippen LogP contribution in [-0.2, 0) is 0 Å². The largest absolute Gasteiger partial charge is 0.461 e. The van der Waals surface area contributed by atoms with Gasteiger partial charge in [-0.05, 0) is 30.7 Å². The third-order valence-electron chi connectivity index (χ3n) is 2.46. The van der Waals surface area contributed by atoms with E-state index in [0.717, 1.165) is 11.1 Å². The van der Waals surface area contributed by atoms with Crippen LogP contribution in [0.1, 0.15) is 21.7 Å². The second-order valence-corrected chi connectivity index (χ2v) is 3.89. The van der Waals surface area contributed by atoms with E-state index >= 15 is 0 Å². The highest BCUT2D eigenvalue weighted by Gasteiger charge is 2.14. The SMILES string of the molecule is Cc1cccc(/C=C(\C#N)C(=O)c2ccco2)c1. The lowest BCUT2D eigenvalue weighted by Crippen LogP contribution is -1.99. The number of rotatable bonds is 3. The highest BCUT2D eigenvalue weighted by molar-refractivity contribution is 6.12. The Morgan fingerprint density at radius 2 is 2.17 bits per heavy atom. The summed E-state index contributed by atoms with van der Waals surface area (Å²) < 4.78 is 5.00. The standard InChI is InChI=1S/C15H11NO2/c1-11-4-2-5-12(8-11)9-13(10-16)15(17)14-6-3-7-18-14/h2-9H,1H3/b13-9+. The molecule has 0 aliphatic heterocycles. The van der Waals surface area contributed by atoms with Crippen molar-refractivity contribution in [2.24, 2.45) is 0 Å². The van der Waals surface area contributed by atoms with E-state index in [-0.39, 0.29) is 11.3 Å². The molecule has 2 rings (SSSR count). The number of nitriles is 1. The molecule has 0 unspecified atom stereocenters. The van der Waals surface area contributed by atoms with Crippen molar-refractivity contribution in [2.75, 3.05) is 0 Å². The van der Waals surface area contributed by atoms with E-state index in [2.05, 4.69) is 0 Å². The van der Waals surface area contributed by atoms with Crippen LogP contribution in [0.2, 0.25) is 0 Å². The summed E-state index contributed by atoms with van der Waals surface area (Å²) in [6.45, 7) is 1.96. The van der Waals surface area contributed by atoms with Gasteiger partial charge in [0.1, 0.15) is 11.6 Å². The van der Waals surface area contributed by atoms with Crippen molar-refractivity contribution in [3.05, 3.63) is 65.1 Å². The Morgan fingerprint density at radius 1 is 1.33 bits per heavy atom. The molecular weight excluding hydrogens is 226 g/mol. The van der Waals surface area contributed by atoms with E-state index in [1.54, 1.807) is 18.2 Å². The second kappa shape index (κ2) is 5.15. The molecule has 0 saturated heterocycles. The van der Waals surface area contributed by atoms with Gasteiger partial charge < -0.3 is 4.42 Å². The highest BCUT2D eigenvalue weighted by atomic mass is 16.3. The number of aryl methyl sites for hydroxylation is 1. The smallest absolute Gasteiger partial charge is 0.238 e. The van der Waals surface area contributed by atoms with Crippen LogP contribution in [-0.4, -0.2) is 5.78 Å². The van der Waals surface area contributed by atoms with Crippen molar-refractivity contribution in [3.8, 4) is 6.07 Å². The number of hydrogen-bond donors (Lipinski definition) is 0. The Morgan fingerprint density at radius 3 is 2.78 bits per heavy atom. The molecule has 0 radical (unpaired) electrons. The van der Waals surface area contributed by atoms with E-state index < -0.39 is 5.78 Å². The Labute approximate surface area is 105 Å². The first kappa shape index (κ1) is 11.9. The van der Waals surface area contributed by atoms with Gasteiger partial charge in [0.05, 0.1) is 6.26 Å². The van der Waals surface area contributed by atoms with Gasteiger partial charge >= 0.3 is 0 Å². The van der Waals surface area contributed by atoms with Crippen LogP contribution in [0.3, 0.4) is 0 Å². The number of allylic oxidation sites excluding steroid dienone is 1. The number of ketones is 1. The van der Waals surface area contributed by atoms with Gasteiger partial charge in [0.15, 0.2) is 5.76 Å². The zero-order chi connectivity index (χ0) is 13.0. The van der Waals surface area contributed by atoms with Crippen LogP contribution in [0.5, 0.6) is 0 Å². The topological polar surface area (TPSA) is 54.0 Å². The van der Waals surface area contributed by atoms with Crippen LogP contribution < -0.4 is 0 Å². The van der Waals surface area contributed by atoms with Crippen molar-refractivity contribution in [3.63, 3.8) is 0 Å². The number of furan rings is 1. The molecule has 2 aromatic rings. The molecule has 18 heavy (non-hydrogen) atoms. The van der Waals surface area contributed by atoms with Crippen LogP contribution >= 0.6 is 0 Å². The first-order chi connectivity index (χ1) is 8.70. The molecule has 3 heteroatoms. The number of carbonyl (C=O) groups excluding carboxylic acids is 1. The zero-order valence-electron chi connectivity index (χ0n) is 9.88. The van der Waals surface area contributed by atoms with Crippen LogP contribution in [0.25, 0.3) is 6.08 Å². The molecule has 0 aliphatic rings. The van der Waals surface area contributed by atoms with Gasteiger partial charge in [-0.1, -0.05) is 29.8 Å². The molecule has 0 atom stereocenters. The monoisotopic (exact) mass is 237 g/mol. The third kappa shape index (κ3) is 2.55. The molecule has 1 heterocycles. The number of benzene rings is 1. The normalized spacial score (nSPS) is 11.0. The van der Waals surface area contributed by atoms with Crippen molar-refractivity contribution in [1.29, 1.82) is 5.26 Å². The van der Waals surface area contributed by atoms with Gasteiger partial charge in [-0.3, -0.25) is 4.79 Å². The first-order valence-electron chi connectivity index (χ1n) is 5.47. The summed E-state index contributed by atoms with van der Waals surface area (Å²) in [5.41, 5.74) is 1.97. The number of nitrogens with zero attached hydrogens (tertiary/aromatic N) is 1. The van der Waals surface area contributed by atoms with Crippen molar-refractivity contribution >= 4 is 11.9 Å². The van der Waals surface area contributed by atoms with Crippen LogP contribution in [0.4, 0.5) is 0 Å². The molecule has 1 aromatic carbocycles. The summed E-state index contributed by atoms with van der Waals surface area (Å²) in [5.74, 6) is -0.223. The Kier molecular flexibility index (Phi) is 3.40. The van der Waals surface area contributed by atoms with Crippen molar-refractivity contribution < 1.29 is 9.21 Å². The summed E-state index contributed by atoms with van der Waals surface area (Å²) in [6.07, 6.45) is 2.98. The third-order valence-corrected chi connectivity index (χ3v) is 2.46. The van der Waals surface area contributed by atoms with Gasteiger partial charge in [-0.15, -0.1) is 0 Å². The lowest BCUT2D eigenvalue weighted by molar-refractivity contribution is 0.101. The molecular formula is C15H11NO2. The lowest BCUT2D eigenvalue weighted by atomic mass is 10.1. The van der Waals surface area contributed by atoms with Gasteiger partial charge in [0, 0.05) is 0 Å². The zero-order valence-corrected chi connectivity index (χ0v) is 9.88. The van der Waals surface area contributed by atoms with Gasteiger partial charge in [0.25, 0.3) is 0 Å². The average molecular weight is 237 g/mol. The Bertz CT molecular complexity index is 631. The number of Topliss-reactive ketones (excluding diaryl/α,β-unsaturated/α-hetero) is 1. The first-order valence-corrected chi connectivity index (χ1v) is 5.47. The number of hydrogen-bond acceptors (Lipinski definition) is 3. The minimum absolute atomic E-state index is 0.0653. The number of carbonyl (C=O) groups is 1. The summed E-state index contributed by atoms with van der Waals surface area (Å²) in [4.78, 5) is 11.9. The Balaban J connectivity index is 2.35. The molecule has 0 fully saturated rings. The lowest BCUT2D eigenvalue weighted by Gasteiger charge is -1.98. The predicted octanol–water partition coefficient (Wildman–Crippen LogP) is 3.38. The fourth-order valence-electron chi connectivity index (χ4n) is 1.62. The van der Waals surface area contributed by atoms with Crippen LogP contribution in [0, 0.1) is 18.3 Å². The highest BCUT2D eigenvalue weighted by Crippen LogP contribution is 2.13. The van der Waals surface area contributed by atoms with E-state index in [1.165, 1.54) is 6.26 Å². The second-order valence-electron chi connectivity index (χ2n) is 3.89. The predicted molar refractivity (Wildman–Crippen MR) is 67.8 cm³/mol. The van der Waals surface area contributed by atoms with E-state index in [4.69, 9.17) is 9.68 Å². The van der Waals surface area contributed by atoms with Gasteiger partial charge in [-0.2, -0.15) is 5.26 Å².